The van der Waals surface area contributed by atoms with Gasteiger partial charge < -0.3 is 19.6 Å². The van der Waals surface area contributed by atoms with Gasteiger partial charge in [0.2, 0.25) is 5.91 Å². The van der Waals surface area contributed by atoms with Gasteiger partial charge in [0.15, 0.2) is 0 Å². The van der Waals surface area contributed by atoms with E-state index in [0.717, 1.165) is 11.3 Å². The molecule has 23 heavy (non-hydrogen) atoms. The first-order valence-electron chi connectivity index (χ1n) is 7.88. The molecule has 0 bridgehead atoms. The molecule has 3 rings (SSSR count). The van der Waals surface area contributed by atoms with Crippen LogP contribution < -0.4 is 10.1 Å². The molecule has 0 saturated carbocycles. The minimum absolute atomic E-state index is 0.0279. The number of aliphatic hydroxyl groups excluding tert-OH is 1. The van der Waals surface area contributed by atoms with Crippen molar-refractivity contribution < 1.29 is 19.1 Å². The predicted molar refractivity (Wildman–Crippen MR) is 85.2 cm³/mol. The quantitative estimate of drug-likeness (QED) is 0.890. The molecule has 0 saturated heterocycles. The molecule has 1 aromatic heterocycles. The van der Waals surface area contributed by atoms with Crippen LogP contribution >= 0.6 is 0 Å². The third-order valence-electron chi connectivity index (χ3n) is 4.11. The van der Waals surface area contributed by atoms with Crippen LogP contribution in [0.3, 0.4) is 0 Å². The number of ether oxygens (including phenoxy) is 1. The molecule has 122 valence electrons. The first kappa shape index (κ1) is 15.6. The molecule has 3 atom stereocenters. The van der Waals surface area contributed by atoms with Gasteiger partial charge in [-0.2, -0.15) is 0 Å². The highest BCUT2D eigenvalue weighted by atomic mass is 16.5. The summed E-state index contributed by atoms with van der Waals surface area (Å²) in [5.74, 6) is 1.06. The van der Waals surface area contributed by atoms with E-state index in [-0.39, 0.29) is 17.9 Å². The highest BCUT2D eigenvalue weighted by Crippen LogP contribution is 2.33. The third kappa shape index (κ3) is 3.56. The van der Waals surface area contributed by atoms with Gasteiger partial charge >= 0.3 is 0 Å². The van der Waals surface area contributed by atoms with E-state index in [9.17, 15) is 9.90 Å². The van der Waals surface area contributed by atoms with E-state index in [1.54, 1.807) is 12.1 Å². The number of para-hydroxylation sites is 1. The summed E-state index contributed by atoms with van der Waals surface area (Å²) in [7, 11) is 0. The van der Waals surface area contributed by atoms with Crippen molar-refractivity contribution in [1.82, 2.24) is 5.32 Å². The number of furan rings is 1. The topological polar surface area (TPSA) is 71.7 Å². The number of hydrogen-bond acceptors (Lipinski definition) is 4. The van der Waals surface area contributed by atoms with Crippen LogP contribution in [0, 0.1) is 0 Å². The fraction of sp³-hybridized carbons (Fsp3) is 0.389. The molecule has 1 aliphatic heterocycles. The van der Waals surface area contributed by atoms with Gasteiger partial charge in [0, 0.05) is 18.0 Å². The molecule has 3 unspecified atom stereocenters. The van der Waals surface area contributed by atoms with Crippen LogP contribution in [0.4, 0.5) is 0 Å². The molecule has 1 aliphatic rings. The first-order chi connectivity index (χ1) is 11.1. The SMILES string of the molecule is CC(CC(O)c1ccco1)NC(=O)C1CCOc2ccccc21. The van der Waals surface area contributed by atoms with E-state index in [1.807, 2.05) is 31.2 Å². The lowest BCUT2D eigenvalue weighted by atomic mass is 9.92. The van der Waals surface area contributed by atoms with Crippen molar-refractivity contribution >= 4 is 5.91 Å². The Labute approximate surface area is 135 Å². The van der Waals surface area contributed by atoms with Gasteiger partial charge in [0.05, 0.1) is 18.8 Å². The van der Waals surface area contributed by atoms with Gasteiger partial charge in [-0.15, -0.1) is 0 Å². The largest absolute Gasteiger partial charge is 0.493 e. The summed E-state index contributed by atoms with van der Waals surface area (Å²) in [5, 5.41) is 13.1. The summed E-state index contributed by atoms with van der Waals surface area (Å²) in [6, 6.07) is 11.0. The molecular weight excluding hydrogens is 294 g/mol. The lowest BCUT2D eigenvalue weighted by Crippen LogP contribution is -2.38. The number of benzene rings is 1. The number of nitrogens with one attached hydrogen (secondary N) is 1. The maximum atomic E-state index is 12.6. The van der Waals surface area contributed by atoms with E-state index in [4.69, 9.17) is 9.15 Å². The number of hydrogen-bond donors (Lipinski definition) is 2. The Kier molecular flexibility index (Phi) is 4.67. The second-order valence-electron chi connectivity index (χ2n) is 5.90. The molecule has 0 radical (unpaired) electrons. The smallest absolute Gasteiger partial charge is 0.228 e. The molecule has 1 aromatic carbocycles. The first-order valence-corrected chi connectivity index (χ1v) is 7.88. The molecule has 2 heterocycles. The molecule has 2 aromatic rings. The van der Waals surface area contributed by atoms with Crippen molar-refractivity contribution in [2.24, 2.45) is 0 Å². The molecule has 5 heteroatoms. The van der Waals surface area contributed by atoms with E-state index >= 15 is 0 Å². The standard InChI is InChI=1S/C18H21NO4/c1-12(11-15(20)17-7-4-9-22-17)19-18(21)14-8-10-23-16-6-3-2-5-13(14)16/h2-7,9,12,14-15,20H,8,10-11H2,1H3,(H,19,21). The van der Waals surface area contributed by atoms with Crippen molar-refractivity contribution in [3.8, 4) is 5.75 Å². The summed E-state index contributed by atoms with van der Waals surface area (Å²) in [6.07, 6.45) is 1.88. The monoisotopic (exact) mass is 315 g/mol. The lowest BCUT2D eigenvalue weighted by molar-refractivity contribution is -0.124. The Morgan fingerprint density at radius 3 is 2.96 bits per heavy atom. The van der Waals surface area contributed by atoms with Crippen LogP contribution in [0.25, 0.3) is 0 Å². The van der Waals surface area contributed by atoms with E-state index in [2.05, 4.69) is 5.32 Å². The molecule has 1 amide bonds. The van der Waals surface area contributed by atoms with Crippen LogP contribution in [0.2, 0.25) is 0 Å². The number of carbonyl (C=O) groups excluding carboxylic acids is 1. The van der Waals surface area contributed by atoms with E-state index in [0.29, 0.717) is 25.2 Å². The number of fused-ring (bicyclic) bond motifs is 1. The zero-order chi connectivity index (χ0) is 16.2. The predicted octanol–water partition coefficient (Wildman–Crippen LogP) is 2.77. The summed E-state index contributed by atoms with van der Waals surface area (Å²) < 4.78 is 10.8. The maximum Gasteiger partial charge on any atom is 0.228 e. The lowest BCUT2D eigenvalue weighted by Gasteiger charge is -2.26. The Bertz CT molecular complexity index is 653. The molecule has 2 N–H and O–H groups in total. The zero-order valence-electron chi connectivity index (χ0n) is 13.1. The highest BCUT2D eigenvalue weighted by Gasteiger charge is 2.28. The Balaban J connectivity index is 1.61. The Morgan fingerprint density at radius 1 is 1.35 bits per heavy atom. The van der Waals surface area contributed by atoms with Crippen molar-refractivity contribution in [2.45, 2.75) is 37.8 Å². The minimum Gasteiger partial charge on any atom is -0.493 e. The average molecular weight is 315 g/mol. The van der Waals surface area contributed by atoms with Gasteiger partial charge in [0.25, 0.3) is 0 Å². The Hall–Kier alpha value is -2.27. The summed E-state index contributed by atoms with van der Waals surface area (Å²) in [6.45, 7) is 2.42. The zero-order valence-corrected chi connectivity index (χ0v) is 13.1. The summed E-state index contributed by atoms with van der Waals surface area (Å²) in [4.78, 5) is 12.6. The normalized spacial score (nSPS) is 19.3. The van der Waals surface area contributed by atoms with Crippen molar-refractivity contribution in [2.75, 3.05) is 6.61 Å². The third-order valence-corrected chi connectivity index (χ3v) is 4.11. The van der Waals surface area contributed by atoms with Crippen LogP contribution in [-0.4, -0.2) is 23.7 Å². The number of aliphatic hydroxyl groups is 1. The van der Waals surface area contributed by atoms with Gasteiger partial charge in [-0.05, 0) is 31.5 Å². The minimum atomic E-state index is -0.720. The fourth-order valence-corrected chi connectivity index (χ4v) is 2.95. The van der Waals surface area contributed by atoms with Gasteiger partial charge in [0.1, 0.15) is 17.6 Å². The fourth-order valence-electron chi connectivity index (χ4n) is 2.95. The molecule has 0 fully saturated rings. The number of rotatable bonds is 5. The summed E-state index contributed by atoms with van der Waals surface area (Å²) in [5.41, 5.74) is 0.926. The van der Waals surface area contributed by atoms with Gasteiger partial charge in [-0.3, -0.25) is 4.79 Å². The highest BCUT2D eigenvalue weighted by molar-refractivity contribution is 5.85. The van der Waals surface area contributed by atoms with Crippen molar-refractivity contribution in [3.63, 3.8) is 0 Å². The van der Waals surface area contributed by atoms with Crippen LogP contribution in [-0.2, 0) is 4.79 Å². The van der Waals surface area contributed by atoms with Crippen molar-refractivity contribution in [3.05, 3.63) is 54.0 Å². The Morgan fingerprint density at radius 2 is 2.17 bits per heavy atom. The van der Waals surface area contributed by atoms with E-state index in [1.165, 1.54) is 6.26 Å². The summed E-state index contributed by atoms with van der Waals surface area (Å²) >= 11 is 0. The second-order valence-corrected chi connectivity index (χ2v) is 5.90. The van der Waals surface area contributed by atoms with Gasteiger partial charge in [-0.25, -0.2) is 0 Å². The van der Waals surface area contributed by atoms with Gasteiger partial charge in [-0.1, -0.05) is 18.2 Å². The van der Waals surface area contributed by atoms with Crippen LogP contribution in [0.1, 0.15) is 43.1 Å². The van der Waals surface area contributed by atoms with Crippen LogP contribution in [0.15, 0.2) is 47.1 Å². The average Bonchev–Trinajstić information content (AvgIpc) is 3.08. The maximum absolute atomic E-state index is 12.6. The number of carbonyl (C=O) groups is 1. The molecule has 0 spiro atoms. The van der Waals surface area contributed by atoms with Crippen LogP contribution in [0.5, 0.6) is 5.75 Å². The van der Waals surface area contributed by atoms with Crippen molar-refractivity contribution in [1.29, 1.82) is 0 Å². The molecule has 0 aliphatic carbocycles. The number of amides is 1. The molecule has 5 nitrogen and oxygen atoms in total. The second kappa shape index (κ2) is 6.87. The molecular formula is C18H21NO4. The van der Waals surface area contributed by atoms with E-state index < -0.39 is 6.10 Å².